The Morgan fingerprint density at radius 2 is 1.73 bits per heavy atom. The van der Waals surface area contributed by atoms with Crippen LogP contribution in [0.25, 0.3) is 0 Å². The highest BCUT2D eigenvalue weighted by molar-refractivity contribution is 14.0. The van der Waals surface area contributed by atoms with E-state index in [1.807, 2.05) is 56.3 Å². The number of pyridine rings is 1. The number of carbonyl (C=O) groups is 1. The van der Waals surface area contributed by atoms with Gasteiger partial charge in [0.2, 0.25) is 0 Å². The molecule has 1 heterocycles. The number of amides is 1. The van der Waals surface area contributed by atoms with Gasteiger partial charge in [-0.3, -0.25) is 9.78 Å². The lowest BCUT2D eigenvalue weighted by Gasteiger charge is -2.11. The lowest BCUT2D eigenvalue weighted by Crippen LogP contribution is -2.37. The van der Waals surface area contributed by atoms with Crippen LogP contribution in [0.1, 0.15) is 35.5 Å². The van der Waals surface area contributed by atoms with E-state index in [2.05, 4.69) is 25.9 Å². The fourth-order valence-corrected chi connectivity index (χ4v) is 2.21. The van der Waals surface area contributed by atoms with Gasteiger partial charge >= 0.3 is 0 Å². The van der Waals surface area contributed by atoms with Gasteiger partial charge in [-0.25, -0.2) is 4.99 Å². The first kappa shape index (κ1) is 21.9. The Hall–Kier alpha value is -2.16. The highest BCUT2D eigenvalue weighted by atomic mass is 127. The number of halogens is 1. The number of benzene rings is 1. The maximum absolute atomic E-state index is 11.8. The molecule has 2 rings (SSSR count). The molecule has 0 saturated carbocycles. The van der Waals surface area contributed by atoms with Gasteiger partial charge in [0, 0.05) is 24.8 Å². The van der Waals surface area contributed by atoms with E-state index in [9.17, 15) is 4.79 Å². The zero-order valence-electron chi connectivity index (χ0n) is 15.2. The van der Waals surface area contributed by atoms with Gasteiger partial charge < -0.3 is 16.0 Å². The minimum absolute atomic E-state index is 0. The molecule has 7 heteroatoms. The zero-order chi connectivity index (χ0) is 17.9. The third kappa shape index (κ3) is 7.38. The molecule has 2 aromatic rings. The predicted molar refractivity (Wildman–Crippen MR) is 116 cm³/mol. The van der Waals surface area contributed by atoms with Crippen molar-refractivity contribution in [3.05, 3.63) is 65.5 Å². The third-order valence-electron chi connectivity index (χ3n) is 3.48. The maximum atomic E-state index is 11.8. The van der Waals surface area contributed by atoms with Crippen molar-refractivity contribution in [1.29, 1.82) is 0 Å². The Morgan fingerprint density at radius 1 is 1.00 bits per heavy atom. The van der Waals surface area contributed by atoms with Crippen molar-refractivity contribution in [3.63, 3.8) is 0 Å². The third-order valence-corrected chi connectivity index (χ3v) is 3.48. The van der Waals surface area contributed by atoms with Crippen LogP contribution in [0.4, 0.5) is 0 Å². The van der Waals surface area contributed by atoms with Gasteiger partial charge in [0.25, 0.3) is 5.91 Å². The van der Waals surface area contributed by atoms with Crippen molar-refractivity contribution >= 4 is 35.8 Å². The van der Waals surface area contributed by atoms with Crippen LogP contribution in [0.3, 0.4) is 0 Å². The molecule has 0 fully saturated rings. The first-order valence-corrected chi connectivity index (χ1v) is 8.52. The van der Waals surface area contributed by atoms with E-state index in [4.69, 9.17) is 0 Å². The zero-order valence-corrected chi connectivity index (χ0v) is 17.5. The smallest absolute Gasteiger partial charge is 0.251 e. The van der Waals surface area contributed by atoms with Gasteiger partial charge in [0.15, 0.2) is 5.96 Å². The van der Waals surface area contributed by atoms with Crippen LogP contribution in [0.2, 0.25) is 0 Å². The number of aromatic nitrogens is 1. The van der Waals surface area contributed by atoms with Crippen LogP contribution in [0, 0.1) is 0 Å². The van der Waals surface area contributed by atoms with Crippen LogP contribution >= 0.6 is 24.0 Å². The molecule has 0 aliphatic heterocycles. The Kier molecular flexibility index (Phi) is 10.3. The molecule has 0 aliphatic carbocycles. The number of aliphatic imine (C=N–C) groups is 1. The number of nitrogens with one attached hydrogen (secondary N) is 3. The summed E-state index contributed by atoms with van der Waals surface area (Å²) in [5.41, 5.74) is 2.66. The Balaban J connectivity index is 0.00000338. The molecule has 0 bridgehead atoms. The average molecular weight is 467 g/mol. The lowest BCUT2D eigenvalue weighted by atomic mass is 10.1. The van der Waals surface area contributed by atoms with Gasteiger partial charge in [-0.2, -0.15) is 0 Å². The van der Waals surface area contributed by atoms with Crippen molar-refractivity contribution < 1.29 is 4.79 Å². The fourth-order valence-electron chi connectivity index (χ4n) is 2.21. The molecule has 0 atom stereocenters. The van der Waals surface area contributed by atoms with Gasteiger partial charge in [0.1, 0.15) is 0 Å². The highest BCUT2D eigenvalue weighted by Gasteiger charge is 2.04. The van der Waals surface area contributed by atoms with Crippen LogP contribution in [0.5, 0.6) is 0 Å². The Morgan fingerprint density at radius 3 is 2.35 bits per heavy atom. The SMILES string of the molecule is CCNC(=O)c1ccc(CN=C(NCC)NCc2ccccn2)cc1.I. The number of guanidine groups is 1. The second-order valence-electron chi connectivity index (χ2n) is 5.43. The van der Waals surface area contributed by atoms with E-state index in [1.165, 1.54) is 0 Å². The van der Waals surface area contributed by atoms with Crippen LogP contribution < -0.4 is 16.0 Å². The Bertz CT molecular complexity index is 689. The highest BCUT2D eigenvalue weighted by Crippen LogP contribution is 2.06. The van der Waals surface area contributed by atoms with Crippen molar-refractivity contribution in [2.24, 2.45) is 4.99 Å². The number of rotatable bonds is 7. The molecule has 140 valence electrons. The van der Waals surface area contributed by atoms with Gasteiger partial charge in [-0.05, 0) is 43.7 Å². The summed E-state index contributed by atoms with van der Waals surface area (Å²) in [4.78, 5) is 20.6. The number of carbonyl (C=O) groups excluding carboxylic acids is 1. The quantitative estimate of drug-likeness (QED) is 0.333. The number of nitrogens with zero attached hydrogens (tertiary/aromatic N) is 2. The van der Waals surface area contributed by atoms with Crippen LogP contribution in [-0.4, -0.2) is 29.9 Å². The summed E-state index contributed by atoms with van der Waals surface area (Å²) >= 11 is 0. The molecule has 1 aromatic heterocycles. The first-order chi connectivity index (χ1) is 12.2. The second-order valence-corrected chi connectivity index (χ2v) is 5.43. The van der Waals surface area contributed by atoms with Gasteiger partial charge in [0.05, 0.1) is 18.8 Å². The molecule has 0 saturated heterocycles. The topological polar surface area (TPSA) is 78.4 Å². The summed E-state index contributed by atoms with van der Waals surface area (Å²) in [5, 5.41) is 9.27. The minimum atomic E-state index is -0.0529. The molecular weight excluding hydrogens is 441 g/mol. The van der Waals surface area contributed by atoms with E-state index < -0.39 is 0 Å². The normalized spacial score (nSPS) is 10.6. The van der Waals surface area contributed by atoms with Gasteiger partial charge in [-0.15, -0.1) is 24.0 Å². The monoisotopic (exact) mass is 467 g/mol. The number of hydrogen-bond acceptors (Lipinski definition) is 3. The summed E-state index contributed by atoms with van der Waals surface area (Å²) in [6.45, 7) is 6.49. The summed E-state index contributed by atoms with van der Waals surface area (Å²) in [7, 11) is 0. The maximum Gasteiger partial charge on any atom is 0.251 e. The molecule has 0 spiro atoms. The first-order valence-electron chi connectivity index (χ1n) is 8.52. The van der Waals surface area contributed by atoms with Gasteiger partial charge in [-0.1, -0.05) is 18.2 Å². The summed E-state index contributed by atoms with van der Waals surface area (Å²) in [6, 6.07) is 13.3. The van der Waals surface area contributed by atoms with Crippen molar-refractivity contribution in [2.45, 2.75) is 26.9 Å². The summed E-state index contributed by atoms with van der Waals surface area (Å²) in [6.07, 6.45) is 1.78. The van der Waals surface area contributed by atoms with E-state index in [0.29, 0.717) is 25.2 Å². The van der Waals surface area contributed by atoms with Crippen LogP contribution in [-0.2, 0) is 13.1 Å². The molecule has 3 N–H and O–H groups in total. The van der Waals surface area contributed by atoms with E-state index in [0.717, 1.165) is 23.8 Å². The fraction of sp³-hybridized carbons (Fsp3) is 0.316. The molecule has 1 amide bonds. The molecule has 0 aliphatic rings. The van der Waals surface area contributed by atoms with Crippen molar-refractivity contribution in [3.8, 4) is 0 Å². The molecule has 6 nitrogen and oxygen atoms in total. The van der Waals surface area contributed by atoms with E-state index >= 15 is 0 Å². The minimum Gasteiger partial charge on any atom is -0.357 e. The standard InChI is InChI=1S/C19H25N5O.HI/c1-3-20-18(25)16-10-8-15(9-11-16)13-23-19(21-4-2)24-14-17-7-5-6-12-22-17;/h5-12H,3-4,13-14H2,1-2H3,(H,20,25)(H2,21,23,24);1H. The average Bonchev–Trinajstić information content (AvgIpc) is 2.65. The van der Waals surface area contributed by atoms with Crippen LogP contribution in [0.15, 0.2) is 53.7 Å². The Labute approximate surface area is 171 Å². The molecule has 26 heavy (non-hydrogen) atoms. The number of hydrogen-bond donors (Lipinski definition) is 3. The van der Waals surface area contributed by atoms with E-state index in [-0.39, 0.29) is 29.9 Å². The largest absolute Gasteiger partial charge is 0.357 e. The summed E-state index contributed by atoms with van der Waals surface area (Å²) < 4.78 is 0. The summed E-state index contributed by atoms with van der Waals surface area (Å²) in [5.74, 6) is 0.684. The molecule has 0 radical (unpaired) electrons. The molecule has 0 unspecified atom stereocenters. The predicted octanol–water partition coefficient (Wildman–Crippen LogP) is 2.70. The van der Waals surface area contributed by atoms with Crippen molar-refractivity contribution in [2.75, 3.05) is 13.1 Å². The van der Waals surface area contributed by atoms with Crippen molar-refractivity contribution in [1.82, 2.24) is 20.9 Å². The second kappa shape index (κ2) is 12.2. The molecule has 1 aromatic carbocycles. The van der Waals surface area contributed by atoms with E-state index in [1.54, 1.807) is 6.20 Å². The lowest BCUT2D eigenvalue weighted by molar-refractivity contribution is 0.0956. The molecular formula is C19H26IN5O.